The topological polar surface area (TPSA) is 96.0 Å². The van der Waals surface area contributed by atoms with Gasteiger partial charge in [-0.3, -0.25) is 4.79 Å². The number of benzene rings is 2. The van der Waals surface area contributed by atoms with E-state index in [4.69, 9.17) is 4.74 Å². The van der Waals surface area contributed by atoms with Crippen LogP contribution in [0.25, 0.3) is 0 Å². The molecule has 160 valence electrons. The summed E-state index contributed by atoms with van der Waals surface area (Å²) in [5.74, 6) is -0.869. The van der Waals surface area contributed by atoms with E-state index in [1.807, 2.05) is 7.05 Å². The maximum atomic E-state index is 12.9. The first-order valence-corrected chi connectivity index (χ1v) is 11.1. The maximum absolute atomic E-state index is 12.9. The van der Waals surface area contributed by atoms with Gasteiger partial charge in [-0.1, -0.05) is 6.07 Å². The molecule has 1 aliphatic heterocycles. The molecule has 1 fully saturated rings. The summed E-state index contributed by atoms with van der Waals surface area (Å²) in [6, 6.07) is 12.3. The summed E-state index contributed by atoms with van der Waals surface area (Å²) in [4.78, 5) is 26.5. The molecule has 8 nitrogen and oxygen atoms in total. The Morgan fingerprint density at radius 3 is 2.30 bits per heavy atom. The lowest BCUT2D eigenvalue weighted by molar-refractivity contribution is 0.0526. The third-order valence-corrected chi connectivity index (χ3v) is 6.74. The van der Waals surface area contributed by atoms with Crippen LogP contribution in [0.1, 0.15) is 27.6 Å². The van der Waals surface area contributed by atoms with Crippen LogP contribution < -0.4 is 5.32 Å². The van der Waals surface area contributed by atoms with Crippen molar-refractivity contribution in [1.82, 2.24) is 9.21 Å². The van der Waals surface area contributed by atoms with Crippen LogP contribution >= 0.6 is 0 Å². The van der Waals surface area contributed by atoms with E-state index in [1.165, 1.54) is 16.4 Å². The monoisotopic (exact) mass is 431 g/mol. The van der Waals surface area contributed by atoms with Gasteiger partial charge in [-0.15, -0.1) is 0 Å². The van der Waals surface area contributed by atoms with Gasteiger partial charge in [-0.2, -0.15) is 4.31 Å². The molecule has 1 amide bonds. The van der Waals surface area contributed by atoms with Crippen LogP contribution in [0, 0.1) is 0 Å². The minimum Gasteiger partial charge on any atom is -0.462 e. The van der Waals surface area contributed by atoms with Gasteiger partial charge in [0.05, 0.1) is 17.1 Å². The van der Waals surface area contributed by atoms with E-state index >= 15 is 0 Å². The third kappa shape index (κ3) is 5.05. The Bertz CT molecular complexity index is 1010. The standard InChI is InChI=1S/C21H25N3O5S/c1-3-29-21(26)16-7-9-18(10-8-16)22-20(25)17-5-4-6-19(15-17)30(27,28)24-13-11-23(2)12-14-24/h4-10,15H,3,11-14H2,1-2H3,(H,22,25). The fourth-order valence-electron chi connectivity index (χ4n) is 3.08. The molecule has 0 atom stereocenters. The zero-order chi connectivity index (χ0) is 21.7. The zero-order valence-electron chi connectivity index (χ0n) is 17.0. The number of nitrogens with one attached hydrogen (secondary N) is 1. The van der Waals surface area contributed by atoms with Crippen molar-refractivity contribution in [2.45, 2.75) is 11.8 Å². The number of piperazine rings is 1. The molecule has 3 rings (SSSR count). The average Bonchev–Trinajstić information content (AvgIpc) is 2.75. The van der Waals surface area contributed by atoms with Gasteiger partial charge in [-0.25, -0.2) is 13.2 Å². The van der Waals surface area contributed by atoms with Crippen LogP contribution in [0.2, 0.25) is 0 Å². The van der Waals surface area contributed by atoms with Crippen molar-refractivity contribution in [2.75, 3.05) is 45.2 Å². The van der Waals surface area contributed by atoms with Gasteiger partial charge in [0.1, 0.15) is 0 Å². The minimum absolute atomic E-state index is 0.0948. The number of amides is 1. The van der Waals surface area contributed by atoms with Gasteiger partial charge in [-0.05, 0) is 56.4 Å². The number of anilines is 1. The SMILES string of the molecule is CCOC(=O)c1ccc(NC(=O)c2cccc(S(=O)(=O)N3CCN(C)CC3)c2)cc1. The van der Waals surface area contributed by atoms with Crippen molar-refractivity contribution < 1.29 is 22.7 Å². The third-order valence-electron chi connectivity index (χ3n) is 4.85. The Morgan fingerprint density at radius 1 is 1.00 bits per heavy atom. The molecule has 1 saturated heterocycles. The fourth-order valence-corrected chi connectivity index (χ4v) is 4.55. The molecule has 0 unspecified atom stereocenters. The second-order valence-corrected chi connectivity index (χ2v) is 8.93. The molecular formula is C21H25N3O5S. The van der Waals surface area contributed by atoms with Crippen LogP contribution in [-0.4, -0.2) is 69.3 Å². The Morgan fingerprint density at radius 2 is 1.67 bits per heavy atom. The van der Waals surface area contributed by atoms with Crippen LogP contribution in [0.3, 0.4) is 0 Å². The van der Waals surface area contributed by atoms with E-state index in [1.54, 1.807) is 43.3 Å². The molecule has 0 bridgehead atoms. The fraction of sp³-hybridized carbons (Fsp3) is 0.333. The number of ether oxygens (including phenoxy) is 1. The number of nitrogens with zero attached hydrogens (tertiary/aromatic N) is 2. The molecule has 9 heteroatoms. The summed E-state index contributed by atoms with van der Waals surface area (Å²) >= 11 is 0. The average molecular weight is 432 g/mol. The number of likely N-dealkylation sites (N-methyl/N-ethyl adjacent to an activating group) is 1. The second-order valence-electron chi connectivity index (χ2n) is 6.99. The Balaban J connectivity index is 1.72. The van der Waals surface area contributed by atoms with E-state index in [9.17, 15) is 18.0 Å². The highest BCUT2D eigenvalue weighted by molar-refractivity contribution is 7.89. The normalized spacial score (nSPS) is 15.5. The van der Waals surface area contributed by atoms with Crippen molar-refractivity contribution in [3.8, 4) is 0 Å². The molecule has 1 heterocycles. The lowest BCUT2D eigenvalue weighted by atomic mass is 10.2. The molecule has 0 spiro atoms. The number of hydrogen-bond donors (Lipinski definition) is 1. The highest BCUT2D eigenvalue weighted by Gasteiger charge is 2.28. The molecule has 1 aliphatic rings. The van der Waals surface area contributed by atoms with E-state index in [2.05, 4.69) is 10.2 Å². The molecule has 2 aromatic carbocycles. The lowest BCUT2D eigenvalue weighted by Gasteiger charge is -2.31. The van der Waals surface area contributed by atoms with Crippen LogP contribution in [0.4, 0.5) is 5.69 Å². The number of carbonyl (C=O) groups is 2. The first-order chi connectivity index (χ1) is 14.3. The van der Waals surface area contributed by atoms with Crippen molar-refractivity contribution in [3.63, 3.8) is 0 Å². The summed E-state index contributed by atoms with van der Waals surface area (Å²) < 4.78 is 32.2. The number of carbonyl (C=O) groups excluding carboxylic acids is 2. The van der Waals surface area contributed by atoms with Crippen LogP contribution in [-0.2, 0) is 14.8 Å². The molecule has 0 saturated carbocycles. The first kappa shape index (κ1) is 21.9. The van der Waals surface area contributed by atoms with Gasteiger partial charge in [0, 0.05) is 37.4 Å². The number of rotatable bonds is 6. The largest absolute Gasteiger partial charge is 0.462 e. The molecule has 0 radical (unpaired) electrons. The van der Waals surface area contributed by atoms with Crippen LogP contribution in [0.5, 0.6) is 0 Å². The predicted molar refractivity (Wildman–Crippen MR) is 113 cm³/mol. The summed E-state index contributed by atoms with van der Waals surface area (Å²) in [7, 11) is -1.71. The van der Waals surface area contributed by atoms with Gasteiger partial charge >= 0.3 is 5.97 Å². The Hall–Kier alpha value is -2.75. The number of hydrogen-bond acceptors (Lipinski definition) is 6. The zero-order valence-corrected chi connectivity index (χ0v) is 17.8. The molecule has 0 aromatic heterocycles. The second kappa shape index (κ2) is 9.38. The Labute approximate surface area is 176 Å². The van der Waals surface area contributed by atoms with E-state index < -0.39 is 21.9 Å². The van der Waals surface area contributed by atoms with Crippen molar-refractivity contribution in [1.29, 1.82) is 0 Å². The molecular weight excluding hydrogens is 406 g/mol. The minimum atomic E-state index is -3.66. The number of sulfonamides is 1. The predicted octanol–water partition coefficient (Wildman–Crippen LogP) is 2.05. The van der Waals surface area contributed by atoms with E-state index in [0.717, 1.165) is 0 Å². The van der Waals surface area contributed by atoms with Crippen LogP contribution in [0.15, 0.2) is 53.4 Å². The maximum Gasteiger partial charge on any atom is 0.338 e. The molecule has 0 aliphatic carbocycles. The summed E-state index contributed by atoms with van der Waals surface area (Å²) in [5.41, 5.74) is 1.11. The van der Waals surface area contributed by atoms with E-state index in [0.29, 0.717) is 37.4 Å². The first-order valence-electron chi connectivity index (χ1n) is 9.68. The molecule has 1 N–H and O–H groups in total. The Kier molecular flexibility index (Phi) is 6.86. The highest BCUT2D eigenvalue weighted by Crippen LogP contribution is 2.20. The summed E-state index contributed by atoms with van der Waals surface area (Å²) in [6.45, 7) is 4.18. The lowest BCUT2D eigenvalue weighted by Crippen LogP contribution is -2.47. The molecule has 2 aromatic rings. The van der Waals surface area contributed by atoms with Gasteiger partial charge < -0.3 is 15.0 Å². The van der Waals surface area contributed by atoms with Gasteiger partial charge in [0.2, 0.25) is 10.0 Å². The van der Waals surface area contributed by atoms with Crippen molar-refractivity contribution >= 4 is 27.6 Å². The van der Waals surface area contributed by atoms with Crippen molar-refractivity contribution in [2.24, 2.45) is 0 Å². The molecule has 30 heavy (non-hydrogen) atoms. The van der Waals surface area contributed by atoms with Crippen molar-refractivity contribution in [3.05, 3.63) is 59.7 Å². The van der Waals surface area contributed by atoms with Gasteiger partial charge in [0.25, 0.3) is 5.91 Å². The quantitative estimate of drug-likeness (QED) is 0.704. The van der Waals surface area contributed by atoms with Gasteiger partial charge in [0.15, 0.2) is 0 Å². The summed E-state index contributed by atoms with van der Waals surface area (Å²) in [5, 5.41) is 2.71. The highest BCUT2D eigenvalue weighted by atomic mass is 32.2. The number of esters is 1. The van der Waals surface area contributed by atoms with E-state index in [-0.39, 0.29) is 17.1 Å². The smallest absolute Gasteiger partial charge is 0.338 e. The summed E-state index contributed by atoms with van der Waals surface area (Å²) in [6.07, 6.45) is 0.